The summed E-state index contributed by atoms with van der Waals surface area (Å²) < 4.78 is 6.24. The quantitative estimate of drug-likeness (QED) is 0.179. The maximum atomic E-state index is 13.1. The number of aryl methyl sites for hydroxylation is 1. The van der Waals surface area contributed by atoms with Gasteiger partial charge in [0, 0.05) is 17.1 Å². The van der Waals surface area contributed by atoms with Crippen LogP contribution in [0.15, 0.2) is 82.8 Å². The van der Waals surface area contributed by atoms with Crippen LogP contribution in [0.4, 0.5) is 5.13 Å². The second-order valence-corrected chi connectivity index (χ2v) is 9.28. The summed E-state index contributed by atoms with van der Waals surface area (Å²) in [6.07, 6.45) is 2.04. The molecule has 1 heterocycles. The number of ether oxygens (including phenoxy) is 1. The van der Waals surface area contributed by atoms with Gasteiger partial charge >= 0.3 is 0 Å². The topological polar surface area (TPSA) is 54.8 Å². The van der Waals surface area contributed by atoms with E-state index < -0.39 is 0 Å². The molecule has 1 amide bonds. The fraction of sp³-hybridized carbons (Fsp3) is 0.160. The minimum atomic E-state index is -0.0889. The number of nitrogens with zero attached hydrogens (tertiary/aromatic N) is 3. The summed E-state index contributed by atoms with van der Waals surface area (Å²) in [4.78, 5) is 19.0. The third-order valence-corrected chi connectivity index (χ3v) is 6.72. The Hall–Kier alpha value is -3.16. The lowest BCUT2D eigenvalue weighted by Gasteiger charge is -2.13. The average Bonchev–Trinajstić information content (AvgIpc) is 3.23. The van der Waals surface area contributed by atoms with Crippen LogP contribution in [0.25, 0.3) is 10.2 Å². The Morgan fingerprint density at radius 1 is 1.12 bits per heavy atom. The molecule has 0 spiro atoms. The molecule has 0 fully saturated rings. The van der Waals surface area contributed by atoms with Crippen LogP contribution in [0.1, 0.15) is 17.5 Å². The largest absolute Gasteiger partial charge is 0.497 e. The Balaban J connectivity index is 1.55. The molecular formula is C25H23N3O2S2. The van der Waals surface area contributed by atoms with Crippen molar-refractivity contribution in [1.29, 1.82) is 0 Å². The molecule has 7 heteroatoms. The van der Waals surface area contributed by atoms with E-state index in [9.17, 15) is 4.79 Å². The summed E-state index contributed by atoms with van der Waals surface area (Å²) in [5.41, 5.74) is 2.90. The number of hydrogen-bond donors (Lipinski definition) is 0. The zero-order valence-electron chi connectivity index (χ0n) is 17.9. The number of aromatic nitrogens is 1. The van der Waals surface area contributed by atoms with Gasteiger partial charge in [0.15, 0.2) is 0 Å². The predicted molar refractivity (Wildman–Crippen MR) is 134 cm³/mol. The van der Waals surface area contributed by atoms with Crippen molar-refractivity contribution in [2.75, 3.05) is 17.9 Å². The number of carbonyl (C=O) groups excluding carboxylic acids is 1. The lowest BCUT2D eigenvalue weighted by atomic mass is 10.2. The van der Waals surface area contributed by atoms with Crippen molar-refractivity contribution in [2.45, 2.75) is 18.2 Å². The molecule has 0 aliphatic heterocycles. The minimum absolute atomic E-state index is 0.0889. The summed E-state index contributed by atoms with van der Waals surface area (Å²) >= 11 is 3.13. The van der Waals surface area contributed by atoms with E-state index in [4.69, 9.17) is 4.74 Å². The van der Waals surface area contributed by atoms with E-state index in [2.05, 4.69) is 16.2 Å². The van der Waals surface area contributed by atoms with Crippen LogP contribution in [0.3, 0.4) is 0 Å². The van der Waals surface area contributed by atoms with Gasteiger partial charge < -0.3 is 4.74 Å². The van der Waals surface area contributed by atoms with Crippen LogP contribution in [0.5, 0.6) is 5.75 Å². The SMILES string of the molecule is COc1ccc(/C=N/N(C(=O)CCSc2ccccc2)c2nc3ccc(C)cc3s2)cc1. The van der Waals surface area contributed by atoms with Gasteiger partial charge in [-0.25, -0.2) is 4.98 Å². The molecule has 0 unspecified atom stereocenters. The van der Waals surface area contributed by atoms with Crippen LogP contribution < -0.4 is 9.75 Å². The van der Waals surface area contributed by atoms with E-state index in [0.717, 1.165) is 32.0 Å². The summed E-state index contributed by atoms with van der Waals surface area (Å²) in [5.74, 6) is 1.35. The molecule has 0 aliphatic rings. The third kappa shape index (κ3) is 5.55. The Labute approximate surface area is 195 Å². The summed E-state index contributed by atoms with van der Waals surface area (Å²) in [5, 5.41) is 6.52. The number of methoxy groups -OCH3 is 1. The van der Waals surface area contributed by atoms with Crippen molar-refractivity contribution >= 4 is 50.6 Å². The number of anilines is 1. The van der Waals surface area contributed by atoms with Crippen molar-refractivity contribution in [2.24, 2.45) is 5.10 Å². The highest BCUT2D eigenvalue weighted by Gasteiger charge is 2.19. The first-order valence-electron chi connectivity index (χ1n) is 10.2. The molecule has 162 valence electrons. The zero-order chi connectivity index (χ0) is 22.3. The standard InChI is InChI=1S/C25H23N3O2S2/c1-18-8-13-22-23(16-18)32-25(27-22)28(26-17-19-9-11-20(30-2)12-10-19)24(29)14-15-31-21-6-4-3-5-7-21/h3-13,16-17H,14-15H2,1-2H3/b26-17+. The maximum absolute atomic E-state index is 13.1. The number of rotatable bonds is 8. The molecule has 5 nitrogen and oxygen atoms in total. The number of thiazole rings is 1. The van der Waals surface area contributed by atoms with Crippen molar-refractivity contribution in [3.8, 4) is 5.75 Å². The minimum Gasteiger partial charge on any atom is -0.497 e. The van der Waals surface area contributed by atoms with Gasteiger partial charge in [0.2, 0.25) is 11.0 Å². The first-order chi connectivity index (χ1) is 15.6. The number of fused-ring (bicyclic) bond motifs is 1. The van der Waals surface area contributed by atoms with E-state index in [0.29, 0.717) is 17.3 Å². The van der Waals surface area contributed by atoms with Gasteiger partial charge in [-0.2, -0.15) is 10.1 Å². The molecule has 0 radical (unpaired) electrons. The van der Waals surface area contributed by atoms with Crippen molar-refractivity contribution in [3.05, 3.63) is 83.9 Å². The van der Waals surface area contributed by atoms with Crippen molar-refractivity contribution in [3.63, 3.8) is 0 Å². The monoisotopic (exact) mass is 461 g/mol. The summed E-state index contributed by atoms with van der Waals surface area (Å²) in [6, 6.07) is 23.7. The van der Waals surface area contributed by atoms with Crippen molar-refractivity contribution < 1.29 is 9.53 Å². The fourth-order valence-electron chi connectivity index (χ4n) is 3.02. The zero-order valence-corrected chi connectivity index (χ0v) is 19.5. The molecule has 1 aromatic heterocycles. The number of hydrogen-bond acceptors (Lipinski definition) is 6. The lowest BCUT2D eigenvalue weighted by Crippen LogP contribution is -2.25. The van der Waals surface area contributed by atoms with Gasteiger partial charge in [0.1, 0.15) is 5.75 Å². The number of benzene rings is 3. The smallest absolute Gasteiger partial charge is 0.250 e. The highest BCUT2D eigenvalue weighted by Crippen LogP contribution is 2.30. The van der Waals surface area contributed by atoms with E-state index in [-0.39, 0.29) is 5.91 Å². The molecule has 4 rings (SSSR count). The maximum Gasteiger partial charge on any atom is 0.250 e. The molecule has 0 N–H and O–H groups in total. The molecular weight excluding hydrogens is 438 g/mol. The van der Waals surface area contributed by atoms with E-state index in [1.54, 1.807) is 25.1 Å². The van der Waals surface area contributed by atoms with E-state index in [1.165, 1.54) is 16.3 Å². The van der Waals surface area contributed by atoms with Gasteiger partial charge in [0.25, 0.3) is 0 Å². The van der Waals surface area contributed by atoms with Crippen LogP contribution >= 0.6 is 23.1 Å². The number of carbonyl (C=O) groups is 1. The van der Waals surface area contributed by atoms with Gasteiger partial charge in [0.05, 0.1) is 23.5 Å². The molecule has 0 aliphatic carbocycles. The molecule has 4 aromatic rings. The highest BCUT2D eigenvalue weighted by molar-refractivity contribution is 7.99. The van der Waals surface area contributed by atoms with Crippen LogP contribution in [0.2, 0.25) is 0 Å². The summed E-state index contributed by atoms with van der Waals surface area (Å²) in [6.45, 7) is 2.05. The number of amides is 1. The second-order valence-electron chi connectivity index (χ2n) is 7.10. The highest BCUT2D eigenvalue weighted by atomic mass is 32.2. The first kappa shape index (κ1) is 22.0. The molecule has 32 heavy (non-hydrogen) atoms. The van der Waals surface area contributed by atoms with Gasteiger partial charge in [-0.3, -0.25) is 4.79 Å². The normalized spacial score (nSPS) is 11.2. The molecule has 0 saturated heterocycles. The number of hydrazone groups is 1. The van der Waals surface area contributed by atoms with E-state index >= 15 is 0 Å². The van der Waals surface area contributed by atoms with Crippen molar-refractivity contribution in [1.82, 2.24) is 4.98 Å². The fourth-order valence-corrected chi connectivity index (χ4v) is 4.93. The van der Waals surface area contributed by atoms with Gasteiger partial charge in [-0.05, 0) is 66.6 Å². The van der Waals surface area contributed by atoms with Crippen LogP contribution in [-0.4, -0.2) is 30.0 Å². The van der Waals surface area contributed by atoms with E-state index in [1.807, 2.05) is 73.7 Å². The Morgan fingerprint density at radius 3 is 2.66 bits per heavy atom. The molecule has 0 saturated carbocycles. The third-order valence-electron chi connectivity index (χ3n) is 4.72. The molecule has 0 atom stereocenters. The Bertz CT molecular complexity index is 1220. The summed E-state index contributed by atoms with van der Waals surface area (Å²) in [7, 11) is 1.63. The second kappa shape index (κ2) is 10.4. The van der Waals surface area contributed by atoms with Crippen LogP contribution in [0, 0.1) is 6.92 Å². The van der Waals surface area contributed by atoms with Gasteiger partial charge in [-0.15, -0.1) is 11.8 Å². The van der Waals surface area contributed by atoms with Crippen LogP contribution in [-0.2, 0) is 4.79 Å². The number of thioether (sulfide) groups is 1. The predicted octanol–water partition coefficient (Wildman–Crippen LogP) is 6.16. The average molecular weight is 462 g/mol. The Kier molecular flexibility index (Phi) is 7.19. The Morgan fingerprint density at radius 2 is 1.91 bits per heavy atom. The first-order valence-corrected chi connectivity index (χ1v) is 12.0. The molecule has 0 bridgehead atoms. The lowest BCUT2D eigenvalue weighted by molar-refractivity contribution is -0.118. The van der Waals surface area contributed by atoms with Gasteiger partial charge in [-0.1, -0.05) is 35.6 Å². The molecule has 3 aromatic carbocycles.